The molecule has 1 heterocycles. The van der Waals surface area contributed by atoms with Crippen molar-refractivity contribution in [1.82, 2.24) is 9.78 Å². The number of nitrogens with two attached hydrogens (primary N) is 1. The van der Waals surface area contributed by atoms with E-state index in [1.807, 2.05) is 6.92 Å². The molecule has 0 amide bonds. The maximum atomic E-state index is 13.1. The number of anilines is 1. The standard InChI is InChI=1S/C12H12FN3O2/c1-7-2-3-9(13)4-8(7)5-16-6-10(14)11(15-16)12(17)18/h2-4,6H,5,14H2,1H3,(H,17,18). The van der Waals surface area contributed by atoms with E-state index in [0.717, 1.165) is 11.1 Å². The van der Waals surface area contributed by atoms with Crippen molar-refractivity contribution in [3.63, 3.8) is 0 Å². The smallest absolute Gasteiger partial charge is 0.358 e. The quantitative estimate of drug-likeness (QED) is 0.866. The fourth-order valence-electron chi connectivity index (χ4n) is 1.67. The Balaban J connectivity index is 2.31. The second-order valence-corrected chi connectivity index (χ2v) is 4.01. The minimum Gasteiger partial charge on any atom is -0.476 e. The van der Waals surface area contributed by atoms with Crippen LogP contribution in [0.15, 0.2) is 24.4 Å². The Labute approximate surface area is 103 Å². The number of aryl methyl sites for hydroxylation is 1. The van der Waals surface area contributed by atoms with Gasteiger partial charge in [0.1, 0.15) is 5.82 Å². The van der Waals surface area contributed by atoms with Gasteiger partial charge in [-0.2, -0.15) is 5.10 Å². The molecule has 5 nitrogen and oxygen atoms in total. The molecule has 94 valence electrons. The van der Waals surface area contributed by atoms with E-state index in [-0.39, 0.29) is 23.7 Å². The van der Waals surface area contributed by atoms with Crippen molar-refractivity contribution in [2.45, 2.75) is 13.5 Å². The molecule has 0 saturated carbocycles. The van der Waals surface area contributed by atoms with E-state index in [2.05, 4.69) is 5.10 Å². The lowest BCUT2D eigenvalue weighted by molar-refractivity contribution is 0.0690. The molecule has 18 heavy (non-hydrogen) atoms. The van der Waals surface area contributed by atoms with E-state index in [9.17, 15) is 9.18 Å². The predicted octanol–water partition coefficient (Wildman–Crippen LogP) is 1.66. The van der Waals surface area contributed by atoms with Gasteiger partial charge in [-0.05, 0) is 30.2 Å². The first-order chi connectivity index (χ1) is 8.47. The zero-order valence-corrected chi connectivity index (χ0v) is 9.72. The normalized spacial score (nSPS) is 10.6. The summed E-state index contributed by atoms with van der Waals surface area (Å²) < 4.78 is 14.5. The molecule has 0 atom stereocenters. The van der Waals surface area contributed by atoms with Crippen LogP contribution in [0.3, 0.4) is 0 Å². The summed E-state index contributed by atoms with van der Waals surface area (Å²) in [4.78, 5) is 10.8. The average Bonchev–Trinajstić information content (AvgIpc) is 2.65. The molecule has 0 saturated heterocycles. The Kier molecular flexibility index (Phi) is 3.01. The second kappa shape index (κ2) is 4.48. The highest BCUT2D eigenvalue weighted by Gasteiger charge is 2.13. The maximum absolute atomic E-state index is 13.1. The third-order valence-electron chi connectivity index (χ3n) is 2.64. The minimum atomic E-state index is -1.18. The van der Waals surface area contributed by atoms with E-state index < -0.39 is 5.97 Å². The summed E-state index contributed by atoms with van der Waals surface area (Å²) in [5.74, 6) is -1.52. The summed E-state index contributed by atoms with van der Waals surface area (Å²) in [6, 6.07) is 4.43. The van der Waals surface area contributed by atoms with E-state index in [1.165, 1.54) is 23.0 Å². The monoisotopic (exact) mass is 249 g/mol. The molecule has 1 aromatic carbocycles. The van der Waals surface area contributed by atoms with Crippen LogP contribution in [-0.4, -0.2) is 20.9 Å². The molecule has 0 aliphatic heterocycles. The maximum Gasteiger partial charge on any atom is 0.358 e. The van der Waals surface area contributed by atoms with E-state index >= 15 is 0 Å². The minimum absolute atomic E-state index is 0.0940. The van der Waals surface area contributed by atoms with Crippen LogP contribution in [0.2, 0.25) is 0 Å². The molecular formula is C12H12FN3O2. The highest BCUT2D eigenvalue weighted by atomic mass is 19.1. The van der Waals surface area contributed by atoms with Crippen molar-refractivity contribution in [2.75, 3.05) is 5.73 Å². The van der Waals surface area contributed by atoms with Gasteiger partial charge in [0.05, 0.1) is 12.2 Å². The fourth-order valence-corrected chi connectivity index (χ4v) is 1.67. The van der Waals surface area contributed by atoms with Gasteiger partial charge in [-0.3, -0.25) is 4.68 Å². The zero-order valence-electron chi connectivity index (χ0n) is 9.72. The van der Waals surface area contributed by atoms with Gasteiger partial charge in [0.15, 0.2) is 5.69 Å². The van der Waals surface area contributed by atoms with Crippen LogP contribution >= 0.6 is 0 Å². The number of carboxylic acids is 1. The SMILES string of the molecule is Cc1ccc(F)cc1Cn1cc(N)c(C(=O)O)n1. The number of halogens is 1. The van der Waals surface area contributed by atoms with Crippen LogP contribution in [0.1, 0.15) is 21.6 Å². The molecule has 0 radical (unpaired) electrons. The first kappa shape index (κ1) is 12.1. The van der Waals surface area contributed by atoms with Crippen LogP contribution in [0.5, 0.6) is 0 Å². The van der Waals surface area contributed by atoms with Gasteiger partial charge in [-0.1, -0.05) is 6.07 Å². The number of rotatable bonds is 3. The summed E-state index contributed by atoms with van der Waals surface area (Å²) in [6.45, 7) is 2.13. The van der Waals surface area contributed by atoms with E-state index in [1.54, 1.807) is 6.07 Å². The van der Waals surface area contributed by atoms with E-state index in [4.69, 9.17) is 10.8 Å². The average molecular weight is 249 g/mol. The molecule has 2 rings (SSSR count). The lowest BCUT2D eigenvalue weighted by Gasteiger charge is -2.05. The highest BCUT2D eigenvalue weighted by Crippen LogP contribution is 2.14. The number of benzene rings is 1. The van der Waals surface area contributed by atoms with Crippen LogP contribution < -0.4 is 5.73 Å². The van der Waals surface area contributed by atoms with Crippen molar-refractivity contribution in [2.24, 2.45) is 0 Å². The Morgan fingerprint density at radius 2 is 2.28 bits per heavy atom. The third-order valence-corrected chi connectivity index (χ3v) is 2.64. The number of aromatic carboxylic acids is 1. The molecule has 0 aliphatic rings. The van der Waals surface area contributed by atoms with Gasteiger partial charge in [-0.15, -0.1) is 0 Å². The van der Waals surface area contributed by atoms with Crippen LogP contribution in [0.25, 0.3) is 0 Å². The molecule has 1 aromatic heterocycles. The summed E-state index contributed by atoms with van der Waals surface area (Å²) in [6.07, 6.45) is 1.42. The van der Waals surface area contributed by atoms with Gasteiger partial charge in [-0.25, -0.2) is 9.18 Å². The molecule has 0 aliphatic carbocycles. The van der Waals surface area contributed by atoms with E-state index in [0.29, 0.717) is 0 Å². The van der Waals surface area contributed by atoms with Gasteiger partial charge in [0.25, 0.3) is 0 Å². The summed E-state index contributed by atoms with van der Waals surface area (Å²) in [5, 5.41) is 12.7. The molecule has 0 fully saturated rings. The van der Waals surface area contributed by atoms with Crippen molar-refractivity contribution in [3.8, 4) is 0 Å². The molecule has 3 N–H and O–H groups in total. The fraction of sp³-hybridized carbons (Fsp3) is 0.167. The second-order valence-electron chi connectivity index (χ2n) is 4.01. The Hall–Kier alpha value is -2.37. The number of hydrogen-bond acceptors (Lipinski definition) is 3. The number of carbonyl (C=O) groups is 1. The summed E-state index contributed by atoms with van der Waals surface area (Å²) in [5.41, 5.74) is 7.06. The molecule has 0 unspecified atom stereocenters. The van der Waals surface area contributed by atoms with Gasteiger partial charge < -0.3 is 10.8 Å². The van der Waals surface area contributed by atoms with Crippen molar-refractivity contribution >= 4 is 11.7 Å². The Morgan fingerprint density at radius 3 is 2.89 bits per heavy atom. The van der Waals surface area contributed by atoms with Crippen LogP contribution in [0.4, 0.5) is 10.1 Å². The lowest BCUT2D eigenvalue weighted by atomic mass is 10.1. The summed E-state index contributed by atoms with van der Waals surface area (Å²) >= 11 is 0. The van der Waals surface area contributed by atoms with Gasteiger partial charge in [0, 0.05) is 6.20 Å². The number of aromatic nitrogens is 2. The molecular weight excluding hydrogens is 237 g/mol. The summed E-state index contributed by atoms with van der Waals surface area (Å²) in [7, 11) is 0. The van der Waals surface area contributed by atoms with Gasteiger partial charge in [0.2, 0.25) is 0 Å². The molecule has 6 heteroatoms. The van der Waals surface area contributed by atoms with Crippen molar-refractivity contribution in [1.29, 1.82) is 0 Å². The van der Waals surface area contributed by atoms with Crippen LogP contribution in [0, 0.1) is 12.7 Å². The first-order valence-electron chi connectivity index (χ1n) is 5.28. The number of nitrogens with zero attached hydrogens (tertiary/aromatic N) is 2. The molecule has 2 aromatic rings. The lowest BCUT2D eigenvalue weighted by Crippen LogP contribution is -2.05. The Morgan fingerprint density at radius 1 is 1.56 bits per heavy atom. The topological polar surface area (TPSA) is 81.1 Å². The number of hydrogen-bond donors (Lipinski definition) is 2. The molecule has 0 spiro atoms. The number of carboxylic acid groups (broad SMARTS) is 1. The third kappa shape index (κ3) is 2.32. The highest BCUT2D eigenvalue weighted by molar-refractivity contribution is 5.91. The van der Waals surface area contributed by atoms with Crippen molar-refractivity contribution in [3.05, 3.63) is 47.0 Å². The number of nitrogen functional groups attached to an aromatic ring is 1. The Bertz CT molecular complexity index is 607. The van der Waals surface area contributed by atoms with Crippen LogP contribution in [-0.2, 0) is 6.54 Å². The van der Waals surface area contributed by atoms with Crippen molar-refractivity contribution < 1.29 is 14.3 Å². The first-order valence-corrected chi connectivity index (χ1v) is 5.28. The van der Waals surface area contributed by atoms with Gasteiger partial charge >= 0.3 is 5.97 Å². The largest absolute Gasteiger partial charge is 0.476 e. The zero-order chi connectivity index (χ0) is 13.3. The predicted molar refractivity (Wildman–Crippen MR) is 63.8 cm³/mol. The molecule has 0 bridgehead atoms.